The van der Waals surface area contributed by atoms with E-state index in [-0.39, 0.29) is 40.1 Å². The maximum atomic E-state index is 12.9. The van der Waals surface area contributed by atoms with Gasteiger partial charge in [-0.1, -0.05) is 32.0 Å². The molecule has 0 aliphatic carbocycles. The lowest BCUT2D eigenvalue weighted by Gasteiger charge is -2.20. The second-order valence-corrected chi connectivity index (χ2v) is 9.50. The first-order valence-electron chi connectivity index (χ1n) is 10.3. The van der Waals surface area contributed by atoms with Crippen LogP contribution in [0.25, 0.3) is 11.3 Å². The second-order valence-electron chi connectivity index (χ2n) is 7.79. The van der Waals surface area contributed by atoms with Crippen molar-refractivity contribution >= 4 is 15.9 Å². The summed E-state index contributed by atoms with van der Waals surface area (Å²) in [6, 6.07) is 13.6. The van der Waals surface area contributed by atoms with Crippen molar-refractivity contribution < 1.29 is 27.5 Å². The number of methoxy groups -OCH3 is 1. The fraction of sp³-hybridized carbons (Fsp3) is 0.318. The van der Waals surface area contributed by atoms with Crippen LogP contribution in [0.4, 0.5) is 0 Å². The molecule has 11 heteroatoms. The van der Waals surface area contributed by atoms with Gasteiger partial charge in [0.1, 0.15) is 11.8 Å². The molecule has 0 aliphatic rings. The Balaban J connectivity index is 1.76. The summed E-state index contributed by atoms with van der Waals surface area (Å²) < 4.78 is 37.8. The summed E-state index contributed by atoms with van der Waals surface area (Å²) in [6.07, 6.45) is 0.268. The van der Waals surface area contributed by atoms with E-state index in [0.717, 1.165) is 0 Å². The van der Waals surface area contributed by atoms with Crippen molar-refractivity contribution in [2.75, 3.05) is 7.11 Å². The Morgan fingerprint density at radius 1 is 1.15 bits per heavy atom. The zero-order chi connectivity index (χ0) is 24.0. The van der Waals surface area contributed by atoms with Crippen LogP contribution in [0.15, 0.2) is 64.1 Å². The summed E-state index contributed by atoms with van der Waals surface area (Å²) in [5.41, 5.74) is 0.947. The molecule has 0 fully saturated rings. The van der Waals surface area contributed by atoms with E-state index in [2.05, 4.69) is 15.2 Å². The predicted octanol–water partition coefficient (Wildman–Crippen LogP) is 1.99. The molecule has 2 aromatic carbocycles. The Labute approximate surface area is 192 Å². The van der Waals surface area contributed by atoms with E-state index >= 15 is 0 Å². The Kier molecular flexibility index (Phi) is 7.67. The molecule has 0 unspecified atom stereocenters. The molecule has 2 N–H and O–H groups in total. The average Bonchev–Trinajstić information content (AvgIpc) is 3.17. The van der Waals surface area contributed by atoms with Crippen molar-refractivity contribution in [2.45, 2.75) is 37.8 Å². The average molecular weight is 475 g/mol. The molecule has 0 spiro atoms. The molecule has 3 aromatic rings. The summed E-state index contributed by atoms with van der Waals surface area (Å²) in [7, 11) is -2.37. The van der Waals surface area contributed by atoms with E-state index in [1.165, 1.54) is 19.2 Å². The van der Waals surface area contributed by atoms with Crippen LogP contribution in [0.3, 0.4) is 0 Å². The van der Waals surface area contributed by atoms with Gasteiger partial charge >= 0.3 is 0 Å². The molecule has 1 atom stereocenters. The monoisotopic (exact) mass is 474 g/mol. The number of sulfonamides is 1. The highest BCUT2D eigenvalue weighted by Gasteiger charge is 2.28. The number of carbonyl (C=O) groups is 1. The highest BCUT2D eigenvalue weighted by Crippen LogP contribution is 2.22. The third kappa shape index (κ3) is 6.08. The number of rotatable bonds is 10. The summed E-state index contributed by atoms with van der Waals surface area (Å²) in [5.74, 6) is 0.105. The van der Waals surface area contributed by atoms with Gasteiger partial charge in [0.15, 0.2) is 0 Å². The van der Waals surface area contributed by atoms with Gasteiger partial charge in [0.25, 0.3) is 5.69 Å². The molecule has 1 heterocycles. The number of hydrogen-bond acceptors (Lipinski definition) is 7. The highest BCUT2D eigenvalue weighted by atomic mass is 32.2. The quantitative estimate of drug-likeness (QED) is 0.429. The minimum Gasteiger partial charge on any atom is -0.497 e. The number of amides is 1. The van der Waals surface area contributed by atoms with Crippen LogP contribution >= 0.6 is 0 Å². The van der Waals surface area contributed by atoms with Gasteiger partial charge in [0.05, 0.1) is 18.6 Å². The molecule has 1 aromatic heterocycles. The number of nitrogens with one attached hydrogen (secondary N) is 2. The molecule has 0 saturated carbocycles. The third-order valence-electron chi connectivity index (χ3n) is 4.87. The van der Waals surface area contributed by atoms with Crippen LogP contribution in [0.2, 0.25) is 0 Å². The lowest BCUT2D eigenvalue weighted by Crippen LogP contribution is -2.48. The lowest BCUT2D eigenvalue weighted by atomic mass is 10.0. The number of nitrogens with zero attached hydrogens (tertiary/aromatic N) is 2. The molecule has 0 aliphatic heterocycles. The van der Waals surface area contributed by atoms with Crippen molar-refractivity contribution in [3.63, 3.8) is 0 Å². The van der Waals surface area contributed by atoms with E-state index in [0.29, 0.717) is 11.3 Å². The van der Waals surface area contributed by atoms with Crippen LogP contribution in [-0.4, -0.2) is 32.6 Å². The molecule has 0 saturated heterocycles. The number of aromatic nitrogens is 2. The zero-order valence-corrected chi connectivity index (χ0v) is 19.3. The Bertz CT molecular complexity index is 1180. The number of hydrogen-bond donors (Lipinski definition) is 2. The number of benzene rings is 2. The second kappa shape index (κ2) is 10.5. The molecule has 0 radical (unpaired) electrons. The molecule has 33 heavy (non-hydrogen) atoms. The molecule has 0 bridgehead atoms. The van der Waals surface area contributed by atoms with Gasteiger partial charge in [-0.05, 0) is 53.6 Å². The Morgan fingerprint density at radius 2 is 1.82 bits per heavy atom. The van der Waals surface area contributed by atoms with Gasteiger partial charge < -0.3 is 15.3 Å². The van der Waals surface area contributed by atoms with Crippen LogP contribution < -0.4 is 19.7 Å². The van der Waals surface area contributed by atoms with Gasteiger partial charge in [0.2, 0.25) is 21.6 Å². The van der Waals surface area contributed by atoms with Crippen LogP contribution in [-0.2, 0) is 21.4 Å². The topological polar surface area (TPSA) is 137 Å². The SMILES string of the molecule is COc1ccc(-c2no[n+]([O-])c2CNC(=O)[C@H](CC(C)C)NS(=O)(=O)c2ccccc2)cc1. The van der Waals surface area contributed by atoms with Gasteiger partial charge in [-0.3, -0.25) is 9.42 Å². The van der Waals surface area contributed by atoms with E-state index in [1.54, 1.807) is 42.5 Å². The first-order valence-corrected chi connectivity index (χ1v) is 11.8. The molecular formula is C22H26N4O6S. The van der Waals surface area contributed by atoms with Crippen molar-refractivity contribution in [1.29, 1.82) is 0 Å². The normalized spacial score (nSPS) is 12.5. The van der Waals surface area contributed by atoms with Crippen molar-refractivity contribution in [3.05, 3.63) is 65.5 Å². The molecule has 176 valence electrons. The fourth-order valence-corrected chi connectivity index (χ4v) is 4.44. The van der Waals surface area contributed by atoms with E-state index in [1.807, 2.05) is 13.8 Å². The Hall–Kier alpha value is -3.44. The Morgan fingerprint density at radius 3 is 2.42 bits per heavy atom. The number of carbonyl (C=O) groups excluding carboxylic acids is 1. The summed E-state index contributed by atoms with van der Waals surface area (Å²) >= 11 is 0. The highest BCUT2D eigenvalue weighted by molar-refractivity contribution is 7.89. The van der Waals surface area contributed by atoms with Crippen molar-refractivity contribution in [2.24, 2.45) is 5.92 Å². The van der Waals surface area contributed by atoms with Crippen LogP contribution in [0.1, 0.15) is 26.0 Å². The predicted molar refractivity (Wildman–Crippen MR) is 119 cm³/mol. The van der Waals surface area contributed by atoms with Crippen LogP contribution in [0, 0.1) is 11.1 Å². The maximum Gasteiger partial charge on any atom is 0.253 e. The largest absolute Gasteiger partial charge is 0.497 e. The number of ether oxygens (including phenoxy) is 1. The molecule has 1 amide bonds. The van der Waals surface area contributed by atoms with Gasteiger partial charge in [-0.15, -0.1) is 0 Å². The van der Waals surface area contributed by atoms with E-state index in [4.69, 9.17) is 9.37 Å². The van der Waals surface area contributed by atoms with Crippen LogP contribution in [0.5, 0.6) is 5.75 Å². The minimum atomic E-state index is -3.91. The standard InChI is InChI=1S/C22H26N4O6S/c1-15(2)13-19(25-33(29,30)18-7-5-4-6-8-18)22(27)23-14-20-21(24-32-26(20)28)16-9-11-17(31-3)12-10-16/h4-12,15,19,25H,13-14H2,1-3H3,(H,23,27)/t19-/m0/s1. The zero-order valence-electron chi connectivity index (χ0n) is 18.5. The summed E-state index contributed by atoms with van der Waals surface area (Å²) in [4.78, 5) is 13.2. The lowest BCUT2D eigenvalue weighted by molar-refractivity contribution is -0.808. The molecular weight excluding hydrogens is 448 g/mol. The van der Waals surface area contributed by atoms with Crippen molar-refractivity contribution in [3.8, 4) is 17.0 Å². The first-order chi connectivity index (χ1) is 15.7. The van der Waals surface area contributed by atoms with Crippen molar-refractivity contribution in [1.82, 2.24) is 15.2 Å². The summed E-state index contributed by atoms with van der Waals surface area (Å²) in [5, 5.41) is 18.5. The third-order valence-corrected chi connectivity index (χ3v) is 6.36. The minimum absolute atomic E-state index is 0.0362. The van der Waals surface area contributed by atoms with E-state index in [9.17, 15) is 18.4 Å². The smallest absolute Gasteiger partial charge is 0.253 e. The van der Waals surface area contributed by atoms with E-state index < -0.39 is 22.0 Å². The molecule has 3 rings (SSSR count). The first kappa shape index (κ1) is 24.2. The van der Waals surface area contributed by atoms with Gasteiger partial charge in [0, 0.05) is 10.7 Å². The van der Waals surface area contributed by atoms with Gasteiger partial charge in [-0.2, -0.15) is 4.72 Å². The fourth-order valence-electron chi connectivity index (χ4n) is 3.21. The molecule has 10 nitrogen and oxygen atoms in total. The maximum absolute atomic E-state index is 12.9. The summed E-state index contributed by atoms with van der Waals surface area (Å²) in [6.45, 7) is 3.56. The van der Waals surface area contributed by atoms with Gasteiger partial charge in [-0.25, -0.2) is 8.42 Å².